The van der Waals surface area contributed by atoms with Crippen LogP contribution in [-0.2, 0) is 0 Å². The van der Waals surface area contributed by atoms with Crippen LogP contribution in [0.4, 0.5) is 5.69 Å². The first kappa shape index (κ1) is 19.8. The molecule has 142 valence electrons. The van der Waals surface area contributed by atoms with Crippen LogP contribution >= 0.6 is 28.1 Å². The molecule has 3 rings (SSSR count). The number of benzene rings is 2. The van der Waals surface area contributed by atoms with Crippen molar-refractivity contribution < 1.29 is 0 Å². The summed E-state index contributed by atoms with van der Waals surface area (Å²) >= 11 is 8.43. The third-order valence-corrected chi connectivity index (χ3v) is 5.57. The van der Waals surface area contributed by atoms with E-state index in [2.05, 4.69) is 85.6 Å². The maximum Gasteiger partial charge on any atom is 0.184 e. The molecule has 0 radical (unpaired) electrons. The molecule has 0 aromatic heterocycles. The van der Waals surface area contributed by atoms with Gasteiger partial charge in [0.1, 0.15) is 0 Å². The van der Waals surface area contributed by atoms with Gasteiger partial charge in [-0.3, -0.25) is 10.3 Å². The Morgan fingerprint density at radius 1 is 1.19 bits per heavy atom. The third kappa shape index (κ3) is 5.28. The number of anilines is 1. The van der Waals surface area contributed by atoms with Crippen LogP contribution in [0.25, 0.3) is 0 Å². The van der Waals surface area contributed by atoms with E-state index < -0.39 is 0 Å². The fourth-order valence-corrected chi connectivity index (χ4v) is 4.02. The number of hydrogen-bond acceptors (Lipinski definition) is 4. The lowest BCUT2D eigenvalue weighted by Gasteiger charge is -2.39. The van der Waals surface area contributed by atoms with Gasteiger partial charge >= 0.3 is 0 Å². The zero-order chi connectivity index (χ0) is 19.2. The maximum absolute atomic E-state index is 5.36. The number of halogens is 1. The Hall–Kier alpha value is -1.96. The zero-order valence-corrected chi connectivity index (χ0v) is 17.7. The second-order valence-electron chi connectivity index (χ2n) is 6.55. The van der Waals surface area contributed by atoms with Crippen LogP contribution in [0.5, 0.6) is 0 Å². The van der Waals surface area contributed by atoms with Gasteiger partial charge in [-0.1, -0.05) is 36.4 Å². The number of rotatable bonds is 5. The lowest BCUT2D eigenvalue weighted by Crippen LogP contribution is -2.47. The Balaban J connectivity index is 1.61. The van der Waals surface area contributed by atoms with Crippen molar-refractivity contribution in [1.29, 1.82) is 0 Å². The van der Waals surface area contributed by atoms with E-state index in [9.17, 15) is 0 Å². The molecule has 1 aliphatic rings. The first-order valence-electron chi connectivity index (χ1n) is 8.96. The van der Waals surface area contributed by atoms with Crippen LogP contribution in [0.2, 0.25) is 0 Å². The molecule has 1 heterocycles. The molecule has 2 aromatic carbocycles. The number of hydrogen-bond donors (Lipinski definition) is 2. The molecular formula is C20H24BrN5S. The molecule has 2 aromatic rings. The Kier molecular flexibility index (Phi) is 6.82. The second-order valence-corrected chi connectivity index (χ2v) is 7.85. The molecule has 1 fully saturated rings. The average Bonchev–Trinajstić information content (AvgIpc) is 2.68. The van der Waals surface area contributed by atoms with Crippen LogP contribution in [0, 0.1) is 0 Å². The molecule has 0 saturated carbocycles. The first-order chi connectivity index (χ1) is 13.0. The molecule has 5 nitrogen and oxygen atoms in total. The first-order valence-corrected chi connectivity index (χ1v) is 10.2. The molecule has 1 aliphatic heterocycles. The van der Waals surface area contributed by atoms with E-state index in [1.165, 1.54) is 11.3 Å². The summed E-state index contributed by atoms with van der Waals surface area (Å²) < 4.78 is 1.06. The molecule has 1 unspecified atom stereocenters. The monoisotopic (exact) mass is 445 g/mol. The molecule has 1 atom stereocenters. The quantitative estimate of drug-likeness (QED) is 0.418. The average molecular weight is 446 g/mol. The molecule has 0 bridgehead atoms. The Morgan fingerprint density at radius 2 is 1.89 bits per heavy atom. The Bertz CT molecular complexity index is 803. The van der Waals surface area contributed by atoms with E-state index in [-0.39, 0.29) is 5.11 Å². The molecule has 0 aliphatic carbocycles. The lowest BCUT2D eigenvalue weighted by atomic mass is 10.1. The topological polar surface area (TPSA) is 56.9 Å². The summed E-state index contributed by atoms with van der Waals surface area (Å²) in [6, 6.07) is 17.4. The summed E-state index contributed by atoms with van der Waals surface area (Å²) in [6.07, 6.45) is 1.70. The molecule has 27 heavy (non-hydrogen) atoms. The van der Waals surface area contributed by atoms with E-state index in [1.807, 2.05) is 6.07 Å². The minimum absolute atomic E-state index is 0.157. The Morgan fingerprint density at radius 3 is 2.52 bits per heavy atom. The molecular weight excluding hydrogens is 422 g/mol. The van der Waals surface area contributed by atoms with Gasteiger partial charge in [-0.15, -0.1) is 0 Å². The third-order valence-electron chi connectivity index (χ3n) is 4.84. The zero-order valence-electron chi connectivity index (χ0n) is 15.3. The van der Waals surface area contributed by atoms with Crippen molar-refractivity contribution >= 4 is 45.2 Å². The van der Waals surface area contributed by atoms with Gasteiger partial charge in [-0.2, -0.15) is 5.10 Å². The lowest BCUT2D eigenvalue weighted by molar-refractivity contribution is 0.198. The van der Waals surface area contributed by atoms with E-state index in [1.54, 1.807) is 6.21 Å². The molecule has 0 amide bonds. The highest BCUT2D eigenvalue weighted by Gasteiger charge is 2.23. The van der Waals surface area contributed by atoms with Crippen molar-refractivity contribution in [2.24, 2.45) is 10.8 Å². The smallest absolute Gasteiger partial charge is 0.184 e. The minimum Gasteiger partial charge on any atom is -0.375 e. The summed E-state index contributed by atoms with van der Waals surface area (Å²) in [7, 11) is 0. The van der Waals surface area contributed by atoms with Crippen molar-refractivity contribution in [3.8, 4) is 0 Å². The van der Waals surface area contributed by atoms with Crippen molar-refractivity contribution in [3.63, 3.8) is 0 Å². The normalized spacial score (nSPS) is 16.4. The summed E-state index contributed by atoms with van der Waals surface area (Å²) in [5.41, 5.74) is 11.5. The molecule has 0 spiro atoms. The van der Waals surface area contributed by atoms with Crippen molar-refractivity contribution in [2.45, 2.75) is 13.0 Å². The van der Waals surface area contributed by atoms with Crippen LogP contribution in [0.3, 0.4) is 0 Å². The number of thiocarbonyl (C=S) groups is 1. The highest BCUT2D eigenvalue weighted by molar-refractivity contribution is 9.10. The standard InChI is InChI=1S/C20H24BrN5S/c1-15(17-5-3-2-4-6-17)25-9-11-26(12-10-25)19-8-7-16(13-18(19)21)14-23-24-20(22)27/h2-8,13-15H,9-12H2,1H3,(H3,22,24,27)/b23-14+. The predicted molar refractivity (Wildman–Crippen MR) is 120 cm³/mol. The van der Waals surface area contributed by atoms with Gasteiger partial charge in [0.2, 0.25) is 0 Å². The number of piperazine rings is 1. The highest BCUT2D eigenvalue weighted by Crippen LogP contribution is 2.29. The summed E-state index contributed by atoms with van der Waals surface area (Å²) in [6.45, 7) is 6.39. The Labute approximate surface area is 174 Å². The number of nitrogens with zero attached hydrogens (tertiary/aromatic N) is 3. The van der Waals surface area contributed by atoms with Gasteiger partial charge in [-0.05, 0) is 58.3 Å². The molecule has 1 saturated heterocycles. The highest BCUT2D eigenvalue weighted by atomic mass is 79.9. The van der Waals surface area contributed by atoms with Gasteiger partial charge in [0.15, 0.2) is 5.11 Å². The summed E-state index contributed by atoms with van der Waals surface area (Å²) in [4.78, 5) is 4.97. The predicted octanol–water partition coefficient (Wildman–Crippen LogP) is 3.50. The van der Waals surface area contributed by atoms with E-state index >= 15 is 0 Å². The van der Waals surface area contributed by atoms with E-state index in [0.29, 0.717) is 6.04 Å². The summed E-state index contributed by atoms with van der Waals surface area (Å²) in [5, 5.41) is 4.16. The largest absolute Gasteiger partial charge is 0.375 e. The van der Waals surface area contributed by atoms with Crippen LogP contribution in [-0.4, -0.2) is 42.4 Å². The molecule has 3 N–H and O–H groups in total. The van der Waals surface area contributed by atoms with Gasteiger partial charge in [0, 0.05) is 36.7 Å². The van der Waals surface area contributed by atoms with Crippen LogP contribution < -0.4 is 16.1 Å². The minimum atomic E-state index is 0.157. The van der Waals surface area contributed by atoms with Crippen LogP contribution in [0.15, 0.2) is 58.1 Å². The van der Waals surface area contributed by atoms with E-state index in [4.69, 9.17) is 18.0 Å². The van der Waals surface area contributed by atoms with Crippen molar-refractivity contribution in [3.05, 3.63) is 64.1 Å². The SMILES string of the molecule is CC(c1ccccc1)N1CCN(c2ccc(/C=N/NC(N)=S)cc2Br)CC1. The van der Waals surface area contributed by atoms with Gasteiger partial charge in [-0.25, -0.2) is 0 Å². The number of nitrogens with one attached hydrogen (secondary N) is 1. The summed E-state index contributed by atoms with van der Waals surface area (Å²) in [5.74, 6) is 0. The second kappa shape index (κ2) is 9.30. The maximum atomic E-state index is 5.36. The number of nitrogens with two attached hydrogens (primary N) is 1. The van der Waals surface area contributed by atoms with Gasteiger partial charge in [0.05, 0.1) is 11.9 Å². The number of hydrazone groups is 1. The fourth-order valence-electron chi connectivity index (χ4n) is 3.32. The van der Waals surface area contributed by atoms with E-state index in [0.717, 1.165) is 36.2 Å². The fraction of sp³-hybridized carbons (Fsp3) is 0.300. The van der Waals surface area contributed by atoms with Crippen LogP contribution in [0.1, 0.15) is 24.1 Å². The van der Waals surface area contributed by atoms with Crippen molar-refractivity contribution in [2.75, 3.05) is 31.1 Å². The molecule has 7 heteroatoms. The van der Waals surface area contributed by atoms with Crippen molar-refractivity contribution in [1.82, 2.24) is 10.3 Å². The van der Waals surface area contributed by atoms with Gasteiger partial charge in [0.25, 0.3) is 0 Å². The van der Waals surface area contributed by atoms with Gasteiger partial charge < -0.3 is 10.6 Å².